The number of benzene rings is 1. The number of sulfonamides is 1. The van der Waals surface area contributed by atoms with Crippen LogP contribution in [0.2, 0.25) is 0 Å². The minimum atomic E-state index is -3.66. The summed E-state index contributed by atoms with van der Waals surface area (Å²) in [5.74, 6) is -0.571. The van der Waals surface area contributed by atoms with Gasteiger partial charge in [0, 0.05) is 29.2 Å². The zero-order valence-corrected chi connectivity index (χ0v) is 15.2. The van der Waals surface area contributed by atoms with Gasteiger partial charge in [-0.3, -0.25) is 4.79 Å². The number of carbonyl (C=O) groups is 1. The van der Waals surface area contributed by atoms with Gasteiger partial charge in [-0.2, -0.15) is 4.31 Å². The number of amides is 1. The number of hydrogen-bond acceptors (Lipinski definition) is 4. The van der Waals surface area contributed by atoms with Crippen molar-refractivity contribution in [1.29, 1.82) is 0 Å². The number of nitrogens with zero attached hydrogens (tertiary/aromatic N) is 1. The van der Waals surface area contributed by atoms with Crippen molar-refractivity contribution in [2.75, 3.05) is 13.1 Å². The number of nitrogens with two attached hydrogens (primary N) is 2. The third-order valence-corrected chi connectivity index (χ3v) is 6.03. The Morgan fingerprint density at radius 3 is 2.55 bits per heavy atom. The molecule has 0 saturated carbocycles. The lowest BCUT2D eigenvalue weighted by Gasteiger charge is -2.34. The van der Waals surface area contributed by atoms with Gasteiger partial charge in [0.15, 0.2) is 0 Å². The molecule has 1 aliphatic rings. The van der Waals surface area contributed by atoms with Crippen LogP contribution < -0.4 is 11.5 Å². The van der Waals surface area contributed by atoms with E-state index in [2.05, 4.69) is 15.9 Å². The third kappa shape index (κ3) is 3.99. The number of halogens is 2. The predicted molar refractivity (Wildman–Crippen MR) is 90.4 cm³/mol. The molecular formula is C13H19BrClN3O3S. The monoisotopic (exact) mass is 411 g/mol. The Bertz CT molecular complexity index is 668. The van der Waals surface area contributed by atoms with Gasteiger partial charge in [-0.25, -0.2) is 8.42 Å². The summed E-state index contributed by atoms with van der Waals surface area (Å²) in [6.07, 6.45) is 0.622. The minimum Gasteiger partial charge on any atom is -0.366 e. The average Bonchev–Trinajstić information content (AvgIpc) is 2.41. The Labute approximate surface area is 144 Å². The van der Waals surface area contributed by atoms with Crippen LogP contribution >= 0.6 is 28.3 Å². The fourth-order valence-corrected chi connectivity index (χ4v) is 4.62. The molecule has 1 fully saturated rings. The van der Waals surface area contributed by atoms with E-state index in [1.165, 1.54) is 22.5 Å². The molecule has 4 N–H and O–H groups in total. The molecule has 1 amide bonds. The molecule has 1 aromatic carbocycles. The van der Waals surface area contributed by atoms with Crippen molar-refractivity contribution < 1.29 is 13.2 Å². The second-order valence-corrected chi connectivity index (χ2v) is 8.19. The van der Waals surface area contributed by atoms with E-state index in [9.17, 15) is 13.2 Å². The van der Waals surface area contributed by atoms with Crippen LogP contribution in [0, 0.1) is 5.92 Å². The van der Waals surface area contributed by atoms with Gasteiger partial charge in [0.2, 0.25) is 15.9 Å². The fraction of sp³-hybridized carbons (Fsp3) is 0.462. The summed E-state index contributed by atoms with van der Waals surface area (Å²) < 4.78 is 27.3. The molecule has 2 unspecified atom stereocenters. The molecule has 0 aromatic heterocycles. The molecule has 0 aliphatic carbocycles. The minimum absolute atomic E-state index is 0. The maximum absolute atomic E-state index is 12.7. The molecule has 9 heteroatoms. The van der Waals surface area contributed by atoms with E-state index in [-0.39, 0.29) is 34.8 Å². The van der Waals surface area contributed by atoms with E-state index < -0.39 is 15.9 Å². The van der Waals surface area contributed by atoms with Crippen molar-refractivity contribution in [3.63, 3.8) is 0 Å². The zero-order valence-electron chi connectivity index (χ0n) is 12.0. The highest BCUT2D eigenvalue weighted by Gasteiger charge is 2.32. The molecule has 6 nitrogen and oxygen atoms in total. The van der Waals surface area contributed by atoms with Crippen LogP contribution in [-0.4, -0.2) is 37.8 Å². The molecule has 2 rings (SSSR count). The molecule has 124 valence electrons. The molecule has 2 atom stereocenters. The van der Waals surface area contributed by atoms with Crippen LogP contribution in [0.5, 0.6) is 0 Å². The van der Waals surface area contributed by atoms with Crippen LogP contribution in [0.15, 0.2) is 27.6 Å². The van der Waals surface area contributed by atoms with Crippen LogP contribution in [0.1, 0.15) is 23.7 Å². The quantitative estimate of drug-likeness (QED) is 0.781. The highest BCUT2D eigenvalue weighted by molar-refractivity contribution is 9.10. The van der Waals surface area contributed by atoms with Gasteiger partial charge in [-0.1, -0.05) is 22.9 Å². The van der Waals surface area contributed by atoms with Crippen molar-refractivity contribution in [2.45, 2.75) is 24.3 Å². The van der Waals surface area contributed by atoms with Crippen LogP contribution in [0.25, 0.3) is 0 Å². The van der Waals surface area contributed by atoms with Crippen molar-refractivity contribution in [3.05, 3.63) is 28.2 Å². The van der Waals surface area contributed by atoms with Crippen molar-refractivity contribution >= 4 is 44.3 Å². The van der Waals surface area contributed by atoms with E-state index in [4.69, 9.17) is 11.5 Å². The van der Waals surface area contributed by atoms with Gasteiger partial charge in [0.25, 0.3) is 0 Å². The zero-order chi connectivity index (χ0) is 15.8. The third-order valence-electron chi connectivity index (χ3n) is 3.73. The van der Waals surface area contributed by atoms with E-state index in [0.29, 0.717) is 24.0 Å². The normalized spacial score (nSPS) is 22.9. The molecule has 1 aromatic rings. The maximum atomic E-state index is 12.7. The first-order valence-electron chi connectivity index (χ1n) is 6.58. The van der Waals surface area contributed by atoms with Crippen molar-refractivity contribution in [1.82, 2.24) is 4.31 Å². The second kappa shape index (κ2) is 7.27. The standard InChI is InChI=1S/C13H18BrN3O3S.ClH/c1-8-7-17(3-2-12(8)15)21(19,20)11-5-9(13(16)18)4-10(14)6-11;/h4-6,8,12H,2-3,7,15H2,1H3,(H2,16,18);1H. The molecule has 22 heavy (non-hydrogen) atoms. The van der Waals surface area contributed by atoms with E-state index in [1.807, 2.05) is 6.92 Å². The van der Waals surface area contributed by atoms with Gasteiger partial charge in [-0.15, -0.1) is 12.4 Å². The van der Waals surface area contributed by atoms with Gasteiger partial charge in [-0.05, 0) is 30.5 Å². The lowest BCUT2D eigenvalue weighted by Crippen LogP contribution is -2.48. The number of primary amides is 1. The summed E-state index contributed by atoms with van der Waals surface area (Å²) in [6.45, 7) is 2.69. The summed E-state index contributed by atoms with van der Waals surface area (Å²) in [4.78, 5) is 11.3. The molecular weight excluding hydrogens is 394 g/mol. The lowest BCUT2D eigenvalue weighted by molar-refractivity contribution is 0.1000. The van der Waals surface area contributed by atoms with Crippen LogP contribution in [0.3, 0.4) is 0 Å². The Morgan fingerprint density at radius 2 is 2.00 bits per heavy atom. The first-order valence-corrected chi connectivity index (χ1v) is 8.81. The highest BCUT2D eigenvalue weighted by Crippen LogP contribution is 2.26. The van der Waals surface area contributed by atoms with E-state index in [0.717, 1.165) is 0 Å². The van der Waals surface area contributed by atoms with Crippen molar-refractivity contribution in [3.8, 4) is 0 Å². The van der Waals surface area contributed by atoms with Gasteiger partial charge in [0.1, 0.15) is 0 Å². The number of piperidine rings is 1. The maximum Gasteiger partial charge on any atom is 0.248 e. The largest absolute Gasteiger partial charge is 0.366 e. The average molecular weight is 413 g/mol. The number of rotatable bonds is 3. The Kier molecular flexibility index (Phi) is 6.40. The number of carbonyl (C=O) groups excluding carboxylic acids is 1. The fourth-order valence-electron chi connectivity index (χ4n) is 2.35. The predicted octanol–water partition coefficient (Wildman–Crippen LogP) is 1.33. The molecule has 0 spiro atoms. The topological polar surface area (TPSA) is 106 Å². The molecule has 0 bridgehead atoms. The Morgan fingerprint density at radius 1 is 1.36 bits per heavy atom. The van der Waals surface area contributed by atoms with Crippen molar-refractivity contribution in [2.24, 2.45) is 17.4 Å². The lowest BCUT2D eigenvalue weighted by atomic mass is 9.96. The Hall–Kier alpha value is -0.670. The summed E-state index contributed by atoms with van der Waals surface area (Å²) in [7, 11) is -3.66. The van der Waals surface area contributed by atoms with E-state index >= 15 is 0 Å². The smallest absolute Gasteiger partial charge is 0.248 e. The first-order chi connectivity index (χ1) is 9.71. The molecule has 1 heterocycles. The summed E-state index contributed by atoms with van der Waals surface area (Å²) in [5.41, 5.74) is 11.3. The van der Waals surface area contributed by atoms with Crippen LogP contribution in [-0.2, 0) is 10.0 Å². The van der Waals surface area contributed by atoms with Gasteiger partial charge < -0.3 is 11.5 Å². The van der Waals surface area contributed by atoms with Gasteiger partial charge in [0.05, 0.1) is 4.90 Å². The first kappa shape index (κ1) is 19.4. The molecule has 1 aliphatic heterocycles. The summed E-state index contributed by atoms with van der Waals surface area (Å²) in [6, 6.07) is 4.29. The molecule has 0 radical (unpaired) electrons. The summed E-state index contributed by atoms with van der Waals surface area (Å²) >= 11 is 3.21. The molecule has 1 saturated heterocycles. The van der Waals surface area contributed by atoms with Gasteiger partial charge >= 0.3 is 0 Å². The van der Waals surface area contributed by atoms with Crippen LogP contribution in [0.4, 0.5) is 0 Å². The second-order valence-electron chi connectivity index (χ2n) is 5.33. The number of hydrogen-bond donors (Lipinski definition) is 2. The summed E-state index contributed by atoms with van der Waals surface area (Å²) in [5, 5.41) is 0. The highest BCUT2D eigenvalue weighted by atomic mass is 79.9. The Balaban J connectivity index is 0.00000242. The van der Waals surface area contributed by atoms with E-state index in [1.54, 1.807) is 0 Å². The SMILES string of the molecule is CC1CN(S(=O)(=O)c2cc(Br)cc(C(N)=O)c2)CCC1N.Cl.